The zero-order valence-corrected chi connectivity index (χ0v) is 4.59. The number of carbonyl (C=O) groups excluding carboxylic acids is 1. The maximum Gasteiger partial charge on any atom is 0.417 e. The van der Waals surface area contributed by atoms with Gasteiger partial charge in [0.05, 0.1) is 6.61 Å². The summed E-state index contributed by atoms with van der Waals surface area (Å²) in [6.07, 6.45) is 1.40. The Balaban J connectivity index is 2.62. The lowest BCUT2D eigenvalue weighted by atomic mass is 10.3. The summed E-state index contributed by atoms with van der Waals surface area (Å²) >= 11 is 0. The highest BCUT2D eigenvalue weighted by molar-refractivity contribution is 5.37. The Hall–Kier alpha value is -0.570. The predicted molar refractivity (Wildman–Crippen MR) is 28.0 cm³/mol. The fourth-order valence-corrected chi connectivity index (χ4v) is 0.328. The topological polar surface area (TPSA) is 46.5 Å². The zero-order valence-electron chi connectivity index (χ0n) is 4.59. The molecule has 0 rings (SSSR count). The smallest absolute Gasteiger partial charge is 0.417 e. The Morgan fingerprint density at radius 3 is 2.75 bits per heavy atom. The van der Waals surface area contributed by atoms with E-state index in [0.717, 1.165) is 0 Å². The van der Waals surface area contributed by atoms with Crippen LogP contribution < -0.4 is 0 Å². The monoisotopic (exact) mass is 117 g/mol. The maximum atomic E-state index is 9.36. The Morgan fingerprint density at radius 2 is 2.25 bits per heavy atom. The number of rotatable bonds is 5. The number of aliphatic hydroxyl groups is 1. The molecule has 0 aliphatic heterocycles. The van der Waals surface area contributed by atoms with E-state index >= 15 is 0 Å². The van der Waals surface area contributed by atoms with Gasteiger partial charge in [0.1, 0.15) is 0 Å². The molecular weight excluding hydrogens is 108 g/mol. The Morgan fingerprint density at radius 1 is 1.50 bits per heavy atom. The van der Waals surface area contributed by atoms with Crippen molar-refractivity contribution in [2.45, 2.75) is 12.8 Å². The number of hydrogen-bond donors (Lipinski definition) is 1. The maximum absolute atomic E-state index is 9.36. The third kappa shape index (κ3) is 5.43. The van der Waals surface area contributed by atoms with Gasteiger partial charge >= 0.3 is 6.47 Å². The SMILES string of the molecule is O=[C]OCCCCO. The second-order valence-electron chi connectivity index (χ2n) is 1.36. The molecule has 0 heterocycles. The summed E-state index contributed by atoms with van der Waals surface area (Å²) in [6, 6.07) is 0. The van der Waals surface area contributed by atoms with Gasteiger partial charge in [0.2, 0.25) is 0 Å². The zero-order chi connectivity index (χ0) is 6.24. The molecule has 0 aliphatic rings. The van der Waals surface area contributed by atoms with E-state index in [0.29, 0.717) is 19.4 Å². The average molecular weight is 117 g/mol. The van der Waals surface area contributed by atoms with Gasteiger partial charge in [0, 0.05) is 6.61 Å². The molecular formula is C5H9O3. The molecule has 3 nitrogen and oxygen atoms in total. The van der Waals surface area contributed by atoms with Crippen molar-refractivity contribution < 1.29 is 14.6 Å². The van der Waals surface area contributed by atoms with Gasteiger partial charge in [0.15, 0.2) is 0 Å². The number of ether oxygens (including phenoxy) is 1. The van der Waals surface area contributed by atoms with Gasteiger partial charge in [-0.2, -0.15) is 0 Å². The third-order valence-corrected chi connectivity index (χ3v) is 0.713. The average Bonchev–Trinajstić information content (AvgIpc) is 1.81. The number of hydrogen-bond acceptors (Lipinski definition) is 3. The van der Waals surface area contributed by atoms with Crippen molar-refractivity contribution in [1.29, 1.82) is 0 Å². The predicted octanol–water partition coefficient (Wildman–Crippen LogP) is -0.157. The van der Waals surface area contributed by atoms with Crippen LogP contribution in [0, 0.1) is 0 Å². The molecule has 0 unspecified atom stereocenters. The van der Waals surface area contributed by atoms with Gasteiger partial charge in [-0.3, -0.25) is 0 Å². The summed E-state index contributed by atoms with van der Waals surface area (Å²) in [4.78, 5) is 9.36. The minimum atomic E-state index is 0.155. The van der Waals surface area contributed by atoms with Gasteiger partial charge in [0.25, 0.3) is 0 Å². The van der Waals surface area contributed by atoms with Crippen LogP contribution in [0.2, 0.25) is 0 Å². The van der Waals surface area contributed by atoms with Crippen LogP contribution in [0.15, 0.2) is 0 Å². The lowest BCUT2D eigenvalue weighted by Crippen LogP contribution is -1.92. The first kappa shape index (κ1) is 7.43. The van der Waals surface area contributed by atoms with Crippen molar-refractivity contribution in [2.24, 2.45) is 0 Å². The molecule has 0 amide bonds. The molecule has 3 heteroatoms. The summed E-state index contributed by atoms with van der Waals surface area (Å²) < 4.78 is 4.22. The molecule has 0 aromatic heterocycles. The van der Waals surface area contributed by atoms with Crippen LogP contribution in [-0.4, -0.2) is 24.8 Å². The van der Waals surface area contributed by atoms with Gasteiger partial charge in [-0.05, 0) is 12.8 Å². The van der Waals surface area contributed by atoms with Crippen LogP contribution >= 0.6 is 0 Å². The third-order valence-electron chi connectivity index (χ3n) is 0.713. The number of unbranched alkanes of at least 4 members (excludes halogenated alkanes) is 1. The lowest BCUT2D eigenvalue weighted by Gasteiger charge is -1.92. The molecule has 47 valence electrons. The second-order valence-corrected chi connectivity index (χ2v) is 1.36. The van der Waals surface area contributed by atoms with Crippen molar-refractivity contribution in [3.05, 3.63) is 0 Å². The minimum Gasteiger partial charge on any atom is -0.457 e. The van der Waals surface area contributed by atoms with Crippen LogP contribution in [0.3, 0.4) is 0 Å². The first-order valence-corrected chi connectivity index (χ1v) is 2.51. The van der Waals surface area contributed by atoms with E-state index in [4.69, 9.17) is 5.11 Å². The van der Waals surface area contributed by atoms with Crippen LogP contribution in [0.4, 0.5) is 0 Å². The highest BCUT2D eigenvalue weighted by atomic mass is 16.5. The normalized spacial score (nSPS) is 8.62. The Bertz CT molecular complexity index is 53.6. The van der Waals surface area contributed by atoms with Gasteiger partial charge in [-0.25, -0.2) is 4.79 Å². The summed E-state index contributed by atoms with van der Waals surface area (Å²) in [5.74, 6) is 0. The Labute approximate surface area is 48.3 Å². The lowest BCUT2D eigenvalue weighted by molar-refractivity contribution is 0.238. The molecule has 8 heavy (non-hydrogen) atoms. The van der Waals surface area contributed by atoms with E-state index in [1.54, 1.807) is 0 Å². The molecule has 0 aromatic carbocycles. The molecule has 0 atom stereocenters. The molecule has 0 saturated carbocycles. The van der Waals surface area contributed by atoms with Crippen molar-refractivity contribution in [3.63, 3.8) is 0 Å². The first-order valence-electron chi connectivity index (χ1n) is 2.51. The highest BCUT2D eigenvalue weighted by Crippen LogP contribution is 1.85. The fourth-order valence-electron chi connectivity index (χ4n) is 0.328. The number of aliphatic hydroxyl groups excluding tert-OH is 1. The summed E-state index contributed by atoms with van der Waals surface area (Å²) in [7, 11) is 0. The molecule has 0 aromatic rings. The van der Waals surface area contributed by atoms with E-state index in [9.17, 15) is 4.79 Å². The van der Waals surface area contributed by atoms with Gasteiger partial charge in [-0.1, -0.05) is 0 Å². The van der Waals surface area contributed by atoms with Crippen LogP contribution in [-0.2, 0) is 9.53 Å². The molecule has 0 bridgehead atoms. The molecule has 0 aliphatic carbocycles. The van der Waals surface area contributed by atoms with Crippen LogP contribution in [0.5, 0.6) is 0 Å². The summed E-state index contributed by atoms with van der Waals surface area (Å²) in [5, 5.41) is 8.21. The summed E-state index contributed by atoms with van der Waals surface area (Å²) in [5.41, 5.74) is 0. The van der Waals surface area contributed by atoms with E-state index in [2.05, 4.69) is 4.74 Å². The molecule has 0 fully saturated rings. The van der Waals surface area contributed by atoms with Crippen LogP contribution in [0.1, 0.15) is 12.8 Å². The van der Waals surface area contributed by atoms with E-state index in [1.165, 1.54) is 6.47 Å². The first-order chi connectivity index (χ1) is 3.91. The molecule has 0 spiro atoms. The van der Waals surface area contributed by atoms with Crippen molar-refractivity contribution >= 4 is 6.47 Å². The van der Waals surface area contributed by atoms with E-state index in [1.807, 2.05) is 0 Å². The molecule has 1 N–H and O–H groups in total. The minimum absolute atomic E-state index is 0.155. The van der Waals surface area contributed by atoms with Gasteiger partial charge in [-0.15, -0.1) is 0 Å². The molecule has 0 saturated heterocycles. The molecule has 1 radical (unpaired) electrons. The van der Waals surface area contributed by atoms with Crippen LogP contribution in [0.25, 0.3) is 0 Å². The standard InChI is InChI=1S/C5H9O3/c6-3-1-2-4-8-5-7/h6H,1-4H2. The summed E-state index contributed by atoms with van der Waals surface area (Å²) in [6.45, 7) is 1.82. The van der Waals surface area contributed by atoms with Gasteiger partial charge < -0.3 is 9.84 Å². The second kappa shape index (κ2) is 6.43. The highest BCUT2D eigenvalue weighted by Gasteiger charge is 1.84. The van der Waals surface area contributed by atoms with Crippen molar-refractivity contribution in [2.75, 3.05) is 13.2 Å². The largest absolute Gasteiger partial charge is 0.457 e. The Kier molecular flexibility index (Phi) is 5.97. The van der Waals surface area contributed by atoms with E-state index in [-0.39, 0.29) is 6.61 Å². The fraction of sp³-hybridized carbons (Fsp3) is 0.800. The van der Waals surface area contributed by atoms with Crippen molar-refractivity contribution in [3.8, 4) is 0 Å². The quantitative estimate of drug-likeness (QED) is 0.509. The van der Waals surface area contributed by atoms with Crippen molar-refractivity contribution in [1.82, 2.24) is 0 Å². The van der Waals surface area contributed by atoms with E-state index < -0.39 is 0 Å².